The maximum atomic E-state index is 11.7. The van der Waals surface area contributed by atoms with Crippen LogP contribution in [0.15, 0.2) is 24.3 Å². The molecule has 1 N–H and O–H groups in total. The van der Waals surface area contributed by atoms with Crippen molar-refractivity contribution in [1.82, 2.24) is 0 Å². The molecule has 0 bridgehead atoms. The molecule has 0 atom stereocenters. The molecular weight excluding hydrogens is 508 g/mol. The third kappa shape index (κ3) is 16.1. The van der Waals surface area contributed by atoms with Gasteiger partial charge in [-0.15, -0.1) is 0 Å². The first-order chi connectivity index (χ1) is 16.0. The van der Waals surface area contributed by atoms with E-state index in [1.165, 1.54) is 69.9 Å². The summed E-state index contributed by atoms with van der Waals surface area (Å²) in [6.45, 7) is 12.2. The summed E-state index contributed by atoms with van der Waals surface area (Å²) in [5.74, 6) is 0.957. The normalized spacial score (nSPS) is 14.8. The summed E-state index contributed by atoms with van der Waals surface area (Å²) in [6.07, 6.45) is 14.2. The summed E-state index contributed by atoms with van der Waals surface area (Å²) in [7, 11) is 0. The number of carbonyl (C=O) groups is 2. The summed E-state index contributed by atoms with van der Waals surface area (Å²) in [4.78, 5) is 23.3. The zero-order valence-electron chi connectivity index (χ0n) is 24.8. The van der Waals surface area contributed by atoms with Gasteiger partial charge in [0.15, 0.2) is 0 Å². The Bertz CT molecular complexity index is 710. The van der Waals surface area contributed by atoms with Crippen molar-refractivity contribution in [3.05, 3.63) is 39.1 Å². The van der Waals surface area contributed by atoms with Crippen molar-refractivity contribution in [2.75, 3.05) is 6.61 Å². The fraction of sp³-hybridized carbons (Fsp3) is 0.677. The fourth-order valence-corrected chi connectivity index (χ4v) is 3.50. The van der Waals surface area contributed by atoms with E-state index in [4.69, 9.17) is 14.6 Å². The number of rotatable bonds is 7. The molecule has 0 spiro atoms. The maximum absolute atomic E-state index is 11.7. The molecule has 1 aromatic rings. The maximum Gasteiger partial charge on any atom is 2.00 e. The number of carbonyl (C=O) groups excluding carboxylic acids is 2. The first kappa shape index (κ1) is 40.0. The minimum absolute atomic E-state index is 0. The summed E-state index contributed by atoms with van der Waals surface area (Å²) in [6, 6.07) is 6.11. The van der Waals surface area contributed by atoms with E-state index >= 15 is 0 Å². The molecule has 6 heteroatoms. The van der Waals surface area contributed by atoms with Crippen LogP contribution in [-0.4, -0.2) is 23.7 Å². The smallest absolute Gasteiger partial charge is 0.508 e. The van der Waals surface area contributed by atoms with Crippen LogP contribution < -0.4 is 4.74 Å². The van der Waals surface area contributed by atoms with Gasteiger partial charge in [0.1, 0.15) is 11.5 Å². The largest absolute Gasteiger partial charge is 2.00 e. The number of benzene rings is 1. The van der Waals surface area contributed by atoms with Gasteiger partial charge in [0.2, 0.25) is 0 Å². The summed E-state index contributed by atoms with van der Waals surface area (Å²) in [5.41, 5.74) is -0.781. The van der Waals surface area contributed by atoms with E-state index in [0.29, 0.717) is 18.3 Å². The SMILES string of the molecule is C1CCCC1.CCC(C)(C)C(=O)OCC1CCCC1.CCC(C)(C)C(=O)Oc1ccc(O)cc1.[CH3-].[CH3-].[Fe+2]. The van der Waals surface area contributed by atoms with Gasteiger partial charge >= 0.3 is 29.0 Å². The molecule has 2 fully saturated rings. The summed E-state index contributed by atoms with van der Waals surface area (Å²) >= 11 is 0. The Labute approximate surface area is 239 Å². The fourth-order valence-electron chi connectivity index (χ4n) is 3.50. The van der Waals surface area contributed by atoms with Gasteiger partial charge in [-0.25, -0.2) is 0 Å². The van der Waals surface area contributed by atoms with Gasteiger partial charge in [-0.05, 0) is 83.6 Å². The molecule has 3 rings (SSSR count). The Hall–Kier alpha value is -1.52. The van der Waals surface area contributed by atoms with Crippen molar-refractivity contribution in [2.45, 2.75) is 112 Å². The topological polar surface area (TPSA) is 72.8 Å². The molecule has 2 aliphatic rings. The average molecular weight is 563 g/mol. The van der Waals surface area contributed by atoms with Gasteiger partial charge < -0.3 is 29.4 Å². The molecule has 0 unspecified atom stereocenters. The quantitative estimate of drug-likeness (QED) is 0.156. The molecule has 216 valence electrons. The number of phenols is 1. The van der Waals surface area contributed by atoms with Crippen molar-refractivity contribution in [2.24, 2.45) is 16.7 Å². The Morgan fingerprint density at radius 3 is 1.59 bits per heavy atom. The van der Waals surface area contributed by atoms with E-state index in [9.17, 15) is 9.59 Å². The van der Waals surface area contributed by atoms with Crippen molar-refractivity contribution < 1.29 is 41.2 Å². The molecule has 0 radical (unpaired) electrons. The Morgan fingerprint density at radius 2 is 1.19 bits per heavy atom. The molecule has 0 heterocycles. The predicted molar refractivity (Wildman–Crippen MR) is 151 cm³/mol. The van der Waals surface area contributed by atoms with E-state index in [1.54, 1.807) is 12.1 Å². The van der Waals surface area contributed by atoms with Crippen LogP contribution in [0.4, 0.5) is 0 Å². The van der Waals surface area contributed by atoms with E-state index in [1.807, 2.05) is 41.5 Å². The van der Waals surface area contributed by atoms with Crippen LogP contribution in [0.25, 0.3) is 0 Å². The first-order valence-corrected chi connectivity index (χ1v) is 13.2. The molecular formula is C31H54FeO5. The van der Waals surface area contributed by atoms with Gasteiger partial charge in [0, 0.05) is 0 Å². The third-order valence-electron chi connectivity index (χ3n) is 7.10. The molecule has 0 aliphatic heterocycles. The molecule has 1 aromatic carbocycles. The number of phenolic OH excluding ortho intramolecular Hbond substituents is 1. The van der Waals surface area contributed by atoms with E-state index in [-0.39, 0.29) is 55.0 Å². The molecule has 37 heavy (non-hydrogen) atoms. The molecule has 2 aliphatic carbocycles. The van der Waals surface area contributed by atoms with Gasteiger partial charge in [0.05, 0.1) is 17.4 Å². The van der Waals surface area contributed by atoms with Crippen molar-refractivity contribution >= 4 is 11.9 Å². The number of aromatic hydroxyl groups is 1. The molecule has 5 nitrogen and oxygen atoms in total. The standard InChI is InChI=1S/C12H16O3.C12H22O2.C5H10.2CH3.Fe/c1-4-12(2,3)11(14)15-10-7-5-9(13)6-8-10;1-4-12(2,3)11(13)14-9-10-7-5-6-8-10;1-2-4-5-3-1;;;/h5-8,13H,4H2,1-3H3;10H,4-9H2,1-3H3;1-5H2;2*1H3;/q;;;2*-1;+2. The minimum Gasteiger partial charge on any atom is -0.508 e. The number of esters is 2. The summed E-state index contributed by atoms with van der Waals surface area (Å²) in [5, 5.41) is 9.06. The number of ether oxygens (including phenoxy) is 2. The second-order valence-corrected chi connectivity index (χ2v) is 10.9. The first-order valence-electron chi connectivity index (χ1n) is 13.2. The average Bonchev–Trinajstić information content (AvgIpc) is 3.56. The Balaban J connectivity index is -0.000000492. The van der Waals surface area contributed by atoms with Gasteiger partial charge in [0.25, 0.3) is 0 Å². The molecule has 0 saturated heterocycles. The van der Waals surface area contributed by atoms with Crippen molar-refractivity contribution in [1.29, 1.82) is 0 Å². The van der Waals surface area contributed by atoms with Crippen LogP contribution in [0.2, 0.25) is 0 Å². The number of hydrogen-bond acceptors (Lipinski definition) is 5. The van der Waals surface area contributed by atoms with Crippen LogP contribution in [0.1, 0.15) is 112 Å². The third-order valence-corrected chi connectivity index (χ3v) is 7.10. The van der Waals surface area contributed by atoms with Gasteiger partial charge in [-0.2, -0.15) is 0 Å². The van der Waals surface area contributed by atoms with E-state index < -0.39 is 5.41 Å². The van der Waals surface area contributed by atoms with Crippen molar-refractivity contribution in [3.63, 3.8) is 0 Å². The van der Waals surface area contributed by atoms with E-state index in [0.717, 1.165) is 12.8 Å². The van der Waals surface area contributed by atoms with Crippen LogP contribution in [-0.2, 0) is 31.4 Å². The van der Waals surface area contributed by atoms with Crippen LogP contribution in [0.5, 0.6) is 11.5 Å². The van der Waals surface area contributed by atoms with Crippen molar-refractivity contribution in [3.8, 4) is 11.5 Å². The van der Waals surface area contributed by atoms with Gasteiger partial charge in [-0.3, -0.25) is 9.59 Å². The van der Waals surface area contributed by atoms with Crippen LogP contribution in [0, 0.1) is 31.6 Å². The minimum atomic E-state index is -0.474. The van der Waals surface area contributed by atoms with E-state index in [2.05, 4.69) is 0 Å². The van der Waals surface area contributed by atoms with Gasteiger partial charge in [-0.1, -0.05) is 58.8 Å². The van der Waals surface area contributed by atoms with Crippen LogP contribution in [0.3, 0.4) is 0 Å². The molecule has 0 aromatic heterocycles. The number of hydrogen-bond donors (Lipinski definition) is 1. The second kappa shape index (κ2) is 20.4. The Morgan fingerprint density at radius 1 is 0.784 bits per heavy atom. The van der Waals surface area contributed by atoms with Crippen LogP contribution >= 0.6 is 0 Å². The predicted octanol–water partition coefficient (Wildman–Crippen LogP) is 8.74. The molecule has 2 saturated carbocycles. The zero-order valence-corrected chi connectivity index (χ0v) is 25.9. The zero-order chi connectivity index (χ0) is 25.6. The second-order valence-electron chi connectivity index (χ2n) is 10.9. The summed E-state index contributed by atoms with van der Waals surface area (Å²) < 4.78 is 10.5. The molecule has 0 amide bonds. The monoisotopic (exact) mass is 562 g/mol. The Kier molecular flexibility index (Phi) is 22.1.